The van der Waals surface area contributed by atoms with Crippen molar-refractivity contribution in [1.82, 2.24) is 9.21 Å². The molecule has 8 heteroatoms. The van der Waals surface area contributed by atoms with Crippen LogP contribution in [0.2, 0.25) is 5.02 Å². The number of piperazine rings is 1. The van der Waals surface area contributed by atoms with E-state index in [4.69, 9.17) is 21.1 Å². The Labute approximate surface area is 165 Å². The molecular weight excluding hydrogens is 388 g/mol. The van der Waals surface area contributed by atoms with Gasteiger partial charge in [-0.1, -0.05) is 29.8 Å². The van der Waals surface area contributed by atoms with Crippen molar-refractivity contribution in [2.45, 2.75) is 11.4 Å². The Morgan fingerprint density at radius 2 is 1.70 bits per heavy atom. The van der Waals surface area contributed by atoms with Crippen molar-refractivity contribution in [3.63, 3.8) is 0 Å². The highest BCUT2D eigenvalue weighted by molar-refractivity contribution is 7.89. The Morgan fingerprint density at radius 3 is 2.33 bits per heavy atom. The molecule has 0 saturated carbocycles. The molecule has 0 atom stereocenters. The van der Waals surface area contributed by atoms with E-state index in [2.05, 4.69) is 4.90 Å². The normalized spacial score (nSPS) is 16.3. The second kappa shape index (κ2) is 8.48. The fourth-order valence-electron chi connectivity index (χ4n) is 3.12. The van der Waals surface area contributed by atoms with Crippen LogP contribution in [0.25, 0.3) is 0 Å². The van der Waals surface area contributed by atoms with Crippen LogP contribution in [0.3, 0.4) is 0 Å². The Hall–Kier alpha value is -1.80. The summed E-state index contributed by atoms with van der Waals surface area (Å²) in [6, 6.07) is 12.5. The summed E-state index contributed by atoms with van der Waals surface area (Å²) in [6.07, 6.45) is 0. The van der Waals surface area contributed by atoms with Crippen molar-refractivity contribution in [3.05, 3.63) is 53.1 Å². The first-order chi connectivity index (χ1) is 13.0. The van der Waals surface area contributed by atoms with Crippen molar-refractivity contribution in [2.75, 3.05) is 40.4 Å². The summed E-state index contributed by atoms with van der Waals surface area (Å²) in [5.41, 5.74) is 1.05. The molecule has 27 heavy (non-hydrogen) atoms. The minimum absolute atomic E-state index is 0.129. The third-order valence-corrected chi connectivity index (χ3v) is 6.96. The number of benzene rings is 2. The molecule has 1 saturated heterocycles. The number of hydrogen-bond acceptors (Lipinski definition) is 5. The molecule has 1 heterocycles. The molecule has 1 fully saturated rings. The van der Waals surface area contributed by atoms with E-state index in [1.54, 1.807) is 12.1 Å². The van der Waals surface area contributed by atoms with Gasteiger partial charge in [0.1, 0.15) is 16.4 Å². The fourth-order valence-corrected chi connectivity index (χ4v) is 4.91. The van der Waals surface area contributed by atoms with Gasteiger partial charge in [0.15, 0.2) is 0 Å². The molecule has 2 aromatic carbocycles. The number of ether oxygens (including phenoxy) is 2. The van der Waals surface area contributed by atoms with Crippen LogP contribution in [0.15, 0.2) is 47.4 Å². The maximum absolute atomic E-state index is 13.1. The van der Waals surface area contributed by atoms with E-state index in [0.29, 0.717) is 44.2 Å². The maximum Gasteiger partial charge on any atom is 0.246 e. The van der Waals surface area contributed by atoms with Gasteiger partial charge >= 0.3 is 0 Å². The second-order valence-electron chi connectivity index (χ2n) is 6.29. The molecule has 0 aromatic heterocycles. The van der Waals surface area contributed by atoms with Crippen LogP contribution >= 0.6 is 11.6 Å². The number of nitrogens with zero attached hydrogens (tertiary/aromatic N) is 2. The Balaban J connectivity index is 1.73. The van der Waals surface area contributed by atoms with Gasteiger partial charge in [-0.25, -0.2) is 8.42 Å². The fraction of sp³-hybridized carbons (Fsp3) is 0.368. The van der Waals surface area contributed by atoms with E-state index in [9.17, 15) is 8.42 Å². The van der Waals surface area contributed by atoms with Gasteiger partial charge in [0.25, 0.3) is 0 Å². The molecule has 6 nitrogen and oxygen atoms in total. The van der Waals surface area contributed by atoms with Gasteiger partial charge in [0, 0.05) is 43.8 Å². The van der Waals surface area contributed by atoms with Crippen LogP contribution in [0.4, 0.5) is 0 Å². The van der Waals surface area contributed by atoms with Crippen LogP contribution in [0, 0.1) is 0 Å². The van der Waals surface area contributed by atoms with E-state index in [-0.39, 0.29) is 4.90 Å². The summed E-state index contributed by atoms with van der Waals surface area (Å²) in [4.78, 5) is 2.33. The highest BCUT2D eigenvalue weighted by Gasteiger charge is 2.31. The lowest BCUT2D eigenvalue weighted by Crippen LogP contribution is -2.48. The molecule has 1 aliphatic rings. The van der Waals surface area contributed by atoms with Crippen molar-refractivity contribution in [2.24, 2.45) is 0 Å². The van der Waals surface area contributed by atoms with E-state index in [1.165, 1.54) is 24.6 Å². The lowest BCUT2D eigenvalue weighted by atomic mass is 10.2. The van der Waals surface area contributed by atoms with E-state index < -0.39 is 10.0 Å². The largest absolute Gasteiger partial charge is 0.497 e. The molecule has 0 spiro atoms. The zero-order chi connectivity index (χ0) is 19.4. The van der Waals surface area contributed by atoms with Crippen LogP contribution < -0.4 is 9.47 Å². The predicted molar refractivity (Wildman–Crippen MR) is 105 cm³/mol. The summed E-state index contributed by atoms with van der Waals surface area (Å²) in [5, 5.41) is 0.730. The molecule has 2 aromatic rings. The van der Waals surface area contributed by atoms with Gasteiger partial charge in [-0.15, -0.1) is 0 Å². The summed E-state index contributed by atoms with van der Waals surface area (Å²) < 4.78 is 38.1. The molecule has 0 bridgehead atoms. The molecule has 0 aliphatic carbocycles. The lowest BCUT2D eigenvalue weighted by molar-refractivity contribution is 0.181. The van der Waals surface area contributed by atoms with Gasteiger partial charge in [0.05, 0.1) is 14.2 Å². The number of methoxy groups -OCH3 is 2. The zero-order valence-corrected chi connectivity index (χ0v) is 17.0. The minimum Gasteiger partial charge on any atom is -0.497 e. The monoisotopic (exact) mass is 410 g/mol. The van der Waals surface area contributed by atoms with E-state index in [1.807, 2.05) is 24.3 Å². The minimum atomic E-state index is -3.67. The quantitative estimate of drug-likeness (QED) is 0.732. The molecular formula is C19H23ClN2O4S. The summed E-state index contributed by atoms with van der Waals surface area (Å²) in [7, 11) is -0.700. The Bertz CT molecular complexity index is 896. The van der Waals surface area contributed by atoms with Crippen molar-refractivity contribution in [1.29, 1.82) is 0 Å². The molecule has 0 unspecified atom stereocenters. The summed E-state index contributed by atoms with van der Waals surface area (Å²) >= 11 is 6.23. The van der Waals surface area contributed by atoms with Gasteiger partial charge in [-0.2, -0.15) is 4.31 Å². The number of sulfonamides is 1. The second-order valence-corrected chi connectivity index (χ2v) is 8.60. The van der Waals surface area contributed by atoms with Crippen LogP contribution in [0.5, 0.6) is 11.5 Å². The smallest absolute Gasteiger partial charge is 0.246 e. The first-order valence-corrected chi connectivity index (χ1v) is 10.5. The van der Waals surface area contributed by atoms with Crippen molar-refractivity contribution < 1.29 is 17.9 Å². The Kier molecular flexibility index (Phi) is 6.26. The molecule has 3 rings (SSSR count). The summed E-state index contributed by atoms with van der Waals surface area (Å²) in [5.74, 6) is 0.793. The highest BCUT2D eigenvalue weighted by atomic mass is 35.5. The number of rotatable bonds is 6. The highest BCUT2D eigenvalue weighted by Crippen LogP contribution is 2.31. The van der Waals surface area contributed by atoms with Gasteiger partial charge < -0.3 is 9.47 Å². The van der Waals surface area contributed by atoms with Gasteiger partial charge in [-0.05, 0) is 23.8 Å². The topological polar surface area (TPSA) is 59.1 Å². The zero-order valence-electron chi connectivity index (χ0n) is 15.4. The van der Waals surface area contributed by atoms with Crippen LogP contribution in [0.1, 0.15) is 5.56 Å². The van der Waals surface area contributed by atoms with Crippen LogP contribution in [-0.4, -0.2) is 58.0 Å². The van der Waals surface area contributed by atoms with E-state index in [0.717, 1.165) is 10.6 Å². The maximum atomic E-state index is 13.1. The molecule has 0 amide bonds. The predicted octanol–water partition coefficient (Wildman–Crippen LogP) is 2.86. The van der Waals surface area contributed by atoms with Crippen molar-refractivity contribution in [3.8, 4) is 11.5 Å². The third-order valence-electron chi connectivity index (χ3n) is 4.67. The molecule has 146 valence electrons. The molecule has 0 N–H and O–H groups in total. The average molecular weight is 411 g/mol. The first-order valence-electron chi connectivity index (χ1n) is 8.63. The van der Waals surface area contributed by atoms with Crippen molar-refractivity contribution >= 4 is 21.6 Å². The third kappa shape index (κ3) is 4.38. The number of hydrogen-bond donors (Lipinski definition) is 0. The van der Waals surface area contributed by atoms with E-state index >= 15 is 0 Å². The van der Waals surface area contributed by atoms with Gasteiger partial charge in [-0.3, -0.25) is 4.90 Å². The first kappa shape index (κ1) is 19.9. The molecule has 0 radical (unpaired) electrons. The average Bonchev–Trinajstić information content (AvgIpc) is 2.69. The SMILES string of the molecule is COc1ccc(OC)c(S(=O)(=O)N2CCN(Cc3ccccc3Cl)CC2)c1. The standard InChI is InChI=1S/C19H23ClN2O4S/c1-25-16-7-8-18(26-2)19(13-16)27(23,24)22-11-9-21(10-12-22)14-15-5-3-4-6-17(15)20/h3-8,13H,9-12,14H2,1-2H3. The Morgan fingerprint density at radius 1 is 1.00 bits per heavy atom. The molecule has 1 aliphatic heterocycles. The van der Waals surface area contributed by atoms with Crippen LogP contribution in [-0.2, 0) is 16.6 Å². The van der Waals surface area contributed by atoms with Gasteiger partial charge in [0.2, 0.25) is 10.0 Å². The summed E-state index contributed by atoms with van der Waals surface area (Å²) in [6.45, 7) is 2.80. The number of halogens is 1. The lowest BCUT2D eigenvalue weighted by Gasteiger charge is -2.34.